The Morgan fingerprint density at radius 1 is 0.833 bits per heavy atom. The fourth-order valence-corrected chi connectivity index (χ4v) is 4.36. The zero-order valence-corrected chi connectivity index (χ0v) is 21.6. The molecular weight excluding hydrogens is 565 g/mol. The van der Waals surface area contributed by atoms with Crippen molar-refractivity contribution in [3.63, 3.8) is 0 Å². The molecule has 2 aromatic heterocycles. The molecule has 0 bridgehead atoms. The summed E-state index contributed by atoms with van der Waals surface area (Å²) in [6.07, 6.45) is 0. The molecule has 0 saturated carbocycles. The van der Waals surface area contributed by atoms with Gasteiger partial charge in [-0.2, -0.15) is 13.8 Å². The van der Waals surface area contributed by atoms with Crippen LogP contribution in [0.2, 0.25) is 0 Å². The second kappa shape index (κ2) is 11.7. The monoisotopic (exact) mass is 587 g/mol. The van der Waals surface area contributed by atoms with Gasteiger partial charge in [0.15, 0.2) is 5.82 Å². The Morgan fingerprint density at radius 3 is 2.14 bits per heavy atom. The molecule has 0 aliphatic rings. The molecule has 5 rings (SSSR count). The van der Waals surface area contributed by atoms with E-state index in [0.29, 0.717) is 17.2 Å². The lowest BCUT2D eigenvalue weighted by atomic mass is 10.2. The Labute approximate surface area is 233 Å². The van der Waals surface area contributed by atoms with Crippen molar-refractivity contribution in [3.8, 4) is 5.75 Å². The first-order valence-corrected chi connectivity index (χ1v) is 12.4. The molecule has 0 atom stereocenters. The first-order chi connectivity index (χ1) is 20.1. The molecule has 3 N–H and O–H groups in total. The molecule has 2 heterocycles. The minimum absolute atomic E-state index is 0.00279. The Bertz CT molecular complexity index is 1850. The summed E-state index contributed by atoms with van der Waals surface area (Å²) in [7, 11) is 0. The summed E-state index contributed by atoms with van der Waals surface area (Å²) in [6, 6.07) is 12.5. The molecule has 10 nitrogen and oxygen atoms in total. The van der Waals surface area contributed by atoms with Crippen LogP contribution in [0, 0.1) is 17.5 Å². The van der Waals surface area contributed by atoms with Gasteiger partial charge in [0.1, 0.15) is 22.9 Å². The molecule has 0 spiro atoms. The Kier molecular flexibility index (Phi) is 7.91. The van der Waals surface area contributed by atoms with Gasteiger partial charge in [-0.3, -0.25) is 4.57 Å². The standard InChI is InChI=1S/C27H22F5N7O3/c28-17-5-1-15(2-6-17)14-39-26(40)36-25(38(27(39)41)13-16-3-7-19(8-4-16)42-23(31)32)34-9-10-37-21-12-18(29)11-20(30)22(21)35-24(37)33/h1-8,11-12,23H,9-10,13-14H2,(H2,33,35)(H,34,36,40). The van der Waals surface area contributed by atoms with Gasteiger partial charge in [-0.1, -0.05) is 24.3 Å². The van der Waals surface area contributed by atoms with E-state index < -0.39 is 35.4 Å². The molecule has 0 saturated heterocycles. The van der Waals surface area contributed by atoms with Crippen molar-refractivity contribution in [1.29, 1.82) is 0 Å². The van der Waals surface area contributed by atoms with Crippen LogP contribution in [0.5, 0.6) is 5.75 Å². The van der Waals surface area contributed by atoms with Crippen LogP contribution in [-0.2, 0) is 19.6 Å². The number of hydrogen-bond donors (Lipinski definition) is 2. The predicted molar refractivity (Wildman–Crippen MR) is 143 cm³/mol. The number of rotatable bonds is 10. The van der Waals surface area contributed by atoms with Crippen LogP contribution in [0.4, 0.5) is 33.8 Å². The molecule has 218 valence electrons. The fourth-order valence-electron chi connectivity index (χ4n) is 4.36. The van der Waals surface area contributed by atoms with Crippen LogP contribution in [0.25, 0.3) is 11.0 Å². The van der Waals surface area contributed by atoms with E-state index in [-0.39, 0.29) is 54.9 Å². The molecule has 0 aliphatic carbocycles. The highest BCUT2D eigenvalue weighted by Gasteiger charge is 2.17. The smallest absolute Gasteiger partial charge is 0.387 e. The van der Waals surface area contributed by atoms with Crippen LogP contribution in [-0.4, -0.2) is 36.8 Å². The van der Waals surface area contributed by atoms with Gasteiger partial charge in [0, 0.05) is 25.2 Å². The molecule has 0 aliphatic heterocycles. The number of halogens is 5. The second-order valence-electron chi connectivity index (χ2n) is 9.13. The number of alkyl halides is 2. The number of nitrogen functional groups attached to an aromatic ring is 1. The maximum Gasteiger partial charge on any atom is 0.387 e. The summed E-state index contributed by atoms with van der Waals surface area (Å²) in [6.45, 7) is -3.30. The molecule has 0 amide bonds. The van der Waals surface area contributed by atoms with E-state index in [9.17, 15) is 31.5 Å². The van der Waals surface area contributed by atoms with Crippen LogP contribution in [0.1, 0.15) is 11.1 Å². The van der Waals surface area contributed by atoms with E-state index in [1.165, 1.54) is 53.1 Å². The summed E-state index contributed by atoms with van der Waals surface area (Å²) < 4.78 is 74.1. The predicted octanol–water partition coefficient (Wildman–Crippen LogP) is 3.56. The lowest BCUT2D eigenvalue weighted by Gasteiger charge is -2.16. The van der Waals surface area contributed by atoms with Gasteiger partial charge in [-0.05, 0) is 35.4 Å². The number of hydrogen-bond acceptors (Lipinski definition) is 7. The largest absolute Gasteiger partial charge is 0.435 e. The number of nitrogens with two attached hydrogens (primary N) is 1. The molecule has 5 aromatic rings. The number of aromatic nitrogens is 5. The third kappa shape index (κ3) is 6.09. The lowest BCUT2D eigenvalue weighted by molar-refractivity contribution is -0.0498. The topological polar surface area (TPSA) is 122 Å². The Hall–Kier alpha value is -5.21. The number of fused-ring (bicyclic) bond motifs is 1. The highest BCUT2D eigenvalue weighted by molar-refractivity contribution is 5.79. The summed E-state index contributed by atoms with van der Waals surface area (Å²) in [5.74, 6) is -2.49. The number of anilines is 2. The number of benzene rings is 3. The third-order valence-corrected chi connectivity index (χ3v) is 6.31. The normalized spacial score (nSPS) is 11.4. The zero-order valence-electron chi connectivity index (χ0n) is 21.6. The first kappa shape index (κ1) is 28.3. The quantitative estimate of drug-likeness (QED) is 0.240. The van der Waals surface area contributed by atoms with Crippen molar-refractivity contribution in [3.05, 3.63) is 110 Å². The van der Waals surface area contributed by atoms with Crippen molar-refractivity contribution >= 4 is 22.9 Å². The SMILES string of the molecule is Nc1nc2c(F)cc(F)cc2n1CCNc1nc(=O)n(Cc2ccc(F)cc2)c(=O)n1Cc1ccc(OC(F)F)cc1. The van der Waals surface area contributed by atoms with Gasteiger partial charge in [-0.15, -0.1) is 0 Å². The van der Waals surface area contributed by atoms with E-state index in [2.05, 4.69) is 20.0 Å². The van der Waals surface area contributed by atoms with Gasteiger partial charge in [0.2, 0.25) is 11.9 Å². The van der Waals surface area contributed by atoms with Gasteiger partial charge < -0.3 is 20.4 Å². The molecule has 3 aromatic carbocycles. The number of nitrogens with zero attached hydrogens (tertiary/aromatic N) is 5. The minimum Gasteiger partial charge on any atom is -0.435 e. The third-order valence-electron chi connectivity index (χ3n) is 6.31. The second-order valence-corrected chi connectivity index (χ2v) is 9.13. The number of nitrogens with one attached hydrogen (secondary N) is 1. The zero-order chi connectivity index (χ0) is 30.0. The summed E-state index contributed by atoms with van der Waals surface area (Å²) in [5.41, 5.74) is 5.22. The highest BCUT2D eigenvalue weighted by atomic mass is 19.3. The summed E-state index contributed by atoms with van der Waals surface area (Å²) in [4.78, 5) is 34.4. The molecule has 0 fully saturated rings. The highest BCUT2D eigenvalue weighted by Crippen LogP contribution is 2.22. The molecule has 0 radical (unpaired) electrons. The van der Waals surface area contributed by atoms with Crippen molar-refractivity contribution < 1.29 is 26.7 Å². The Morgan fingerprint density at radius 2 is 1.48 bits per heavy atom. The van der Waals surface area contributed by atoms with E-state index in [1.54, 1.807) is 0 Å². The van der Waals surface area contributed by atoms with Crippen molar-refractivity contribution in [2.75, 3.05) is 17.6 Å². The average Bonchev–Trinajstić information content (AvgIpc) is 3.25. The van der Waals surface area contributed by atoms with Gasteiger partial charge in [0.25, 0.3) is 0 Å². The first-order valence-electron chi connectivity index (χ1n) is 12.4. The lowest BCUT2D eigenvalue weighted by Crippen LogP contribution is -2.43. The van der Waals surface area contributed by atoms with Crippen LogP contribution in [0.3, 0.4) is 0 Å². The van der Waals surface area contributed by atoms with E-state index in [4.69, 9.17) is 5.73 Å². The Balaban J connectivity index is 1.46. The van der Waals surface area contributed by atoms with E-state index in [1.807, 2.05) is 0 Å². The van der Waals surface area contributed by atoms with Crippen LogP contribution >= 0.6 is 0 Å². The van der Waals surface area contributed by atoms with Gasteiger partial charge in [-0.25, -0.2) is 32.3 Å². The van der Waals surface area contributed by atoms with Crippen LogP contribution in [0.15, 0.2) is 70.3 Å². The number of imidazole rings is 1. The molecule has 42 heavy (non-hydrogen) atoms. The van der Waals surface area contributed by atoms with E-state index >= 15 is 0 Å². The fraction of sp³-hybridized carbons (Fsp3) is 0.185. The van der Waals surface area contributed by atoms with E-state index in [0.717, 1.165) is 15.2 Å². The molecule has 15 heteroatoms. The summed E-state index contributed by atoms with van der Waals surface area (Å²) >= 11 is 0. The number of ether oxygens (including phenoxy) is 1. The molecular formula is C27H22F5N7O3. The van der Waals surface area contributed by atoms with Crippen molar-refractivity contribution in [2.45, 2.75) is 26.2 Å². The molecule has 0 unspecified atom stereocenters. The van der Waals surface area contributed by atoms with Crippen molar-refractivity contribution in [2.24, 2.45) is 0 Å². The van der Waals surface area contributed by atoms with Crippen molar-refractivity contribution in [1.82, 2.24) is 23.7 Å². The van der Waals surface area contributed by atoms with Gasteiger partial charge >= 0.3 is 18.0 Å². The maximum absolute atomic E-state index is 14.1. The van der Waals surface area contributed by atoms with Gasteiger partial charge in [0.05, 0.1) is 18.6 Å². The minimum atomic E-state index is -3.01. The maximum atomic E-state index is 14.1. The average molecular weight is 588 g/mol. The van der Waals surface area contributed by atoms with Crippen LogP contribution < -0.4 is 27.2 Å². The summed E-state index contributed by atoms with van der Waals surface area (Å²) in [5, 5.41) is 2.88.